The number of carbonyl (C=O) groups excluding carboxylic acids is 1. The summed E-state index contributed by atoms with van der Waals surface area (Å²) in [6, 6.07) is 0. The Bertz CT molecular complexity index is 500. The van der Waals surface area contributed by atoms with E-state index >= 15 is 0 Å². The summed E-state index contributed by atoms with van der Waals surface area (Å²) < 4.78 is 41.4. The molecule has 0 aromatic carbocycles. The van der Waals surface area contributed by atoms with Crippen molar-refractivity contribution in [1.29, 1.82) is 0 Å². The van der Waals surface area contributed by atoms with Crippen LogP contribution in [0.15, 0.2) is 0 Å². The largest absolute Gasteiger partial charge is 0.476 e. The maximum atomic E-state index is 11.9. The number of aromatic nitrogens is 3. The fourth-order valence-corrected chi connectivity index (χ4v) is 1.30. The van der Waals surface area contributed by atoms with E-state index < -0.39 is 36.8 Å². The van der Waals surface area contributed by atoms with E-state index in [0.717, 1.165) is 4.68 Å². The number of methoxy groups -OCH3 is 1. The number of aromatic carboxylic acids is 1. The molecule has 1 amide bonds. The first-order chi connectivity index (χ1) is 9.24. The number of carboxylic acid groups (broad SMARTS) is 1. The van der Waals surface area contributed by atoms with Crippen molar-refractivity contribution >= 4 is 11.9 Å². The number of carboxylic acids is 1. The van der Waals surface area contributed by atoms with E-state index in [9.17, 15) is 22.8 Å². The third-order valence-corrected chi connectivity index (χ3v) is 2.10. The molecular formula is C9H11F3N4O4. The summed E-state index contributed by atoms with van der Waals surface area (Å²) in [4.78, 5) is 22.1. The van der Waals surface area contributed by atoms with Crippen LogP contribution in [0.3, 0.4) is 0 Å². The predicted octanol–water partition coefficient (Wildman–Crippen LogP) is -0.199. The predicted molar refractivity (Wildman–Crippen MR) is 56.8 cm³/mol. The van der Waals surface area contributed by atoms with Crippen LogP contribution in [-0.4, -0.2) is 51.8 Å². The zero-order valence-electron chi connectivity index (χ0n) is 10.3. The molecule has 1 aromatic heterocycles. The van der Waals surface area contributed by atoms with Crippen molar-refractivity contribution in [3.05, 3.63) is 11.4 Å². The Morgan fingerprint density at radius 3 is 2.60 bits per heavy atom. The van der Waals surface area contributed by atoms with Crippen molar-refractivity contribution < 1.29 is 32.6 Å². The Morgan fingerprint density at radius 1 is 1.45 bits per heavy atom. The molecule has 0 aliphatic carbocycles. The number of rotatable bonds is 6. The van der Waals surface area contributed by atoms with E-state index in [1.807, 2.05) is 0 Å². The maximum absolute atomic E-state index is 11.9. The molecule has 0 aliphatic rings. The molecule has 0 fully saturated rings. The van der Waals surface area contributed by atoms with Crippen molar-refractivity contribution in [2.24, 2.45) is 0 Å². The number of alkyl halides is 3. The molecule has 0 radical (unpaired) electrons. The van der Waals surface area contributed by atoms with Gasteiger partial charge in [-0.1, -0.05) is 5.21 Å². The van der Waals surface area contributed by atoms with Gasteiger partial charge >= 0.3 is 12.1 Å². The summed E-state index contributed by atoms with van der Waals surface area (Å²) in [7, 11) is 1.28. The topological polar surface area (TPSA) is 106 Å². The van der Waals surface area contributed by atoms with Gasteiger partial charge in [0, 0.05) is 7.11 Å². The summed E-state index contributed by atoms with van der Waals surface area (Å²) >= 11 is 0. The number of amides is 1. The minimum Gasteiger partial charge on any atom is -0.476 e. The van der Waals surface area contributed by atoms with E-state index in [1.54, 1.807) is 5.32 Å². The molecule has 20 heavy (non-hydrogen) atoms. The van der Waals surface area contributed by atoms with Gasteiger partial charge in [0.15, 0.2) is 5.69 Å². The van der Waals surface area contributed by atoms with Crippen LogP contribution < -0.4 is 5.32 Å². The second-order valence-electron chi connectivity index (χ2n) is 3.67. The van der Waals surface area contributed by atoms with E-state index in [4.69, 9.17) is 9.84 Å². The van der Waals surface area contributed by atoms with Gasteiger partial charge in [0.2, 0.25) is 5.91 Å². The van der Waals surface area contributed by atoms with E-state index in [-0.39, 0.29) is 12.3 Å². The van der Waals surface area contributed by atoms with Gasteiger partial charge in [0.1, 0.15) is 13.1 Å². The first-order valence-corrected chi connectivity index (χ1v) is 5.22. The van der Waals surface area contributed by atoms with E-state index in [1.165, 1.54) is 7.11 Å². The SMILES string of the molecule is COCc1c(C(=O)O)nnn1CC(=O)NCC(F)(F)F. The van der Waals surface area contributed by atoms with Crippen LogP contribution in [-0.2, 0) is 22.7 Å². The van der Waals surface area contributed by atoms with Crippen LogP contribution in [0.1, 0.15) is 16.2 Å². The Balaban J connectivity index is 2.77. The number of nitrogens with one attached hydrogen (secondary N) is 1. The molecular weight excluding hydrogens is 285 g/mol. The average molecular weight is 296 g/mol. The quantitative estimate of drug-likeness (QED) is 0.753. The van der Waals surface area contributed by atoms with Gasteiger partial charge in [-0.15, -0.1) is 5.10 Å². The Hall–Kier alpha value is -2.17. The normalized spacial score (nSPS) is 11.4. The lowest BCUT2D eigenvalue weighted by Crippen LogP contribution is -2.36. The third-order valence-electron chi connectivity index (χ3n) is 2.10. The molecule has 1 heterocycles. The molecule has 0 unspecified atom stereocenters. The lowest BCUT2D eigenvalue weighted by Gasteiger charge is -2.09. The molecule has 0 spiro atoms. The van der Waals surface area contributed by atoms with Gasteiger partial charge in [0.25, 0.3) is 0 Å². The number of nitrogens with zero attached hydrogens (tertiary/aromatic N) is 3. The lowest BCUT2D eigenvalue weighted by atomic mass is 10.3. The Labute approximate surface area is 110 Å². The highest BCUT2D eigenvalue weighted by atomic mass is 19.4. The molecule has 2 N–H and O–H groups in total. The van der Waals surface area contributed by atoms with Gasteiger partial charge < -0.3 is 15.2 Å². The summed E-state index contributed by atoms with van der Waals surface area (Å²) in [5.74, 6) is -2.35. The van der Waals surface area contributed by atoms with Crippen molar-refractivity contribution in [3.8, 4) is 0 Å². The molecule has 0 bridgehead atoms. The van der Waals surface area contributed by atoms with Gasteiger partial charge in [-0.25, -0.2) is 9.48 Å². The minimum absolute atomic E-state index is 0.0119. The number of carbonyl (C=O) groups is 2. The summed E-state index contributed by atoms with van der Waals surface area (Å²) in [6.45, 7) is -2.26. The highest BCUT2D eigenvalue weighted by Gasteiger charge is 2.28. The summed E-state index contributed by atoms with van der Waals surface area (Å²) in [6.07, 6.45) is -4.53. The molecule has 1 rings (SSSR count). The van der Waals surface area contributed by atoms with Crippen molar-refractivity contribution in [3.63, 3.8) is 0 Å². The highest BCUT2D eigenvalue weighted by molar-refractivity contribution is 5.86. The smallest absolute Gasteiger partial charge is 0.405 e. The van der Waals surface area contributed by atoms with E-state index in [0.29, 0.717) is 0 Å². The summed E-state index contributed by atoms with van der Waals surface area (Å²) in [5.41, 5.74) is -0.433. The average Bonchev–Trinajstić information content (AvgIpc) is 2.70. The van der Waals surface area contributed by atoms with Gasteiger partial charge in [-0.05, 0) is 0 Å². The van der Waals surface area contributed by atoms with Gasteiger partial charge in [0.05, 0.1) is 12.3 Å². The molecule has 11 heteroatoms. The van der Waals surface area contributed by atoms with Crippen LogP contribution >= 0.6 is 0 Å². The first kappa shape index (κ1) is 15.9. The standard InChI is InChI=1S/C9H11F3N4O4/c1-20-3-5-7(8(18)19)14-15-16(5)2-6(17)13-4-9(10,11)12/h2-4H2,1H3,(H,13,17)(H,18,19). The second kappa shape index (κ2) is 6.32. The number of hydrogen-bond acceptors (Lipinski definition) is 5. The van der Waals surface area contributed by atoms with Crippen LogP contribution in [0.25, 0.3) is 0 Å². The molecule has 112 valence electrons. The highest BCUT2D eigenvalue weighted by Crippen LogP contribution is 2.12. The molecule has 0 aliphatic heterocycles. The Morgan fingerprint density at radius 2 is 2.10 bits per heavy atom. The molecule has 8 nitrogen and oxygen atoms in total. The number of ether oxygens (including phenoxy) is 1. The lowest BCUT2D eigenvalue weighted by molar-refractivity contribution is -0.138. The number of hydrogen-bond donors (Lipinski definition) is 2. The van der Waals surface area contributed by atoms with Gasteiger partial charge in [-0.3, -0.25) is 4.79 Å². The second-order valence-corrected chi connectivity index (χ2v) is 3.67. The van der Waals surface area contributed by atoms with Crippen LogP contribution in [0.5, 0.6) is 0 Å². The minimum atomic E-state index is -4.53. The zero-order valence-corrected chi connectivity index (χ0v) is 10.3. The van der Waals surface area contributed by atoms with Crippen molar-refractivity contribution in [2.45, 2.75) is 19.3 Å². The monoisotopic (exact) mass is 296 g/mol. The summed E-state index contributed by atoms with van der Waals surface area (Å²) in [5, 5.41) is 17.2. The van der Waals surface area contributed by atoms with Crippen LogP contribution in [0.4, 0.5) is 13.2 Å². The van der Waals surface area contributed by atoms with Crippen LogP contribution in [0.2, 0.25) is 0 Å². The fraction of sp³-hybridized carbons (Fsp3) is 0.556. The first-order valence-electron chi connectivity index (χ1n) is 5.22. The number of halogens is 3. The Kier molecular flexibility index (Phi) is 5.02. The molecule has 0 atom stereocenters. The maximum Gasteiger partial charge on any atom is 0.405 e. The van der Waals surface area contributed by atoms with Crippen molar-refractivity contribution in [2.75, 3.05) is 13.7 Å². The zero-order chi connectivity index (χ0) is 15.3. The third kappa shape index (κ3) is 4.50. The van der Waals surface area contributed by atoms with Gasteiger partial charge in [-0.2, -0.15) is 13.2 Å². The molecule has 0 saturated heterocycles. The van der Waals surface area contributed by atoms with Crippen molar-refractivity contribution in [1.82, 2.24) is 20.3 Å². The van der Waals surface area contributed by atoms with Crippen LogP contribution in [0, 0.1) is 0 Å². The fourth-order valence-electron chi connectivity index (χ4n) is 1.30. The molecule has 1 aromatic rings. The van der Waals surface area contributed by atoms with E-state index in [2.05, 4.69) is 10.3 Å². The molecule has 0 saturated carbocycles.